The van der Waals surface area contributed by atoms with Crippen LogP contribution in [-0.4, -0.2) is 184 Å². The fourth-order valence-electron chi connectivity index (χ4n) is 17.4. The van der Waals surface area contributed by atoms with Crippen LogP contribution in [0.1, 0.15) is 154 Å². The lowest BCUT2D eigenvalue weighted by molar-refractivity contribution is -0.248. The number of hydrogen-bond acceptors (Lipinski definition) is 20. The largest absolute Gasteiger partial charge is 0.479 e. The zero-order chi connectivity index (χ0) is 75.7. The molecule has 4 bridgehead atoms. The zero-order valence-corrected chi connectivity index (χ0v) is 61.2. The normalized spacial score (nSPS) is 24.8. The standard InChI is InChI=1S/C78H90N10O17S/c1-44(2)63(83-60(90)18-9-8-12-28-87-61(91)25-26-62(87)92)56(89)32-45(3)69(96)80-50-21-19-49(48(33-50)20-23-57-65(93)66(94)67(95)68(105-57)72(100)101)36-103-74(102)85(7)30-31-104-78-40-75(5)37-76(6,41-78)39-77(38-75,42-78)43-88-46(4)53(34-79-88)51-22-24-59(82-64(51)71(98)99)86-29-27-47-14-13-15-52(54(47)35-86)70(97)84-73-81-55-16-10-11-17-58(55)106-73/h10-11,13-17,19,21-22,24-26,33-34,44-45,57,63,65-68,93-95H,8-9,12,18,27-32,35-43H2,1-7H3,(H,80,96)(H,83,90)(H,98,99)(H,100,101)(H,81,84,97)/t45-,57+,63+,65+,66-,67+,68+,75?,76?,77?,78?/m1/s1. The van der Waals surface area contributed by atoms with Gasteiger partial charge in [0.2, 0.25) is 11.8 Å². The first kappa shape index (κ1) is 75.9. The molecule has 6 heterocycles. The molecule has 13 rings (SSSR count). The van der Waals surface area contributed by atoms with Crippen molar-refractivity contribution in [1.82, 2.24) is 34.9 Å². The van der Waals surface area contributed by atoms with Gasteiger partial charge >= 0.3 is 18.0 Å². The lowest BCUT2D eigenvalue weighted by Gasteiger charge is -2.69. The Labute approximate surface area is 617 Å². The van der Waals surface area contributed by atoms with E-state index in [2.05, 4.69) is 46.6 Å². The lowest BCUT2D eigenvalue weighted by Crippen LogP contribution is -2.64. The minimum Gasteiger partial charge on any atom is -0.479 e. The first-order chi connectivity index (χ1) is 50.4. The minimum absolute atomic E-state index is 0.0660. The molecular weight excluding hydrogens is 1380 g/mol. The van der Waals surface area contributed by atoms with E-state index in [4.69, 9.17) is 24.3 Å². The van der Waals surface area contributed by atoms with Crippen LogP contribution in [0.25, 0.3) is 21.3 Å². The molecule has 3 aromatic carbocycles. The number of ketones is 1. The Hall–Kier alpha value is -9.76. The van der Waals surface area contributed by atoms with Gasteiger partial charge in [-0.3, -0.25) is 43.7 Å². The van der Waals surface area contributed by atoms with E-state index in [1.54, 1.807) is 46.1 Å². The first-order valence-electron chi connectivity index (χ1n) is 36.0. The van der Waals surface area contributed by atoms with E-state index in [1.165, 1.54) is 46.6 Å². The van der Waals surface area contributed by atoms with Crippen molar-refractivity contribution in [2.75, 3.05) is 48.8 Å². The van der Waals surface area contributed by atoms with E-state index in [0.717, 1.165) is 70.5 Å². The molecule has 8 N–H and O–H groups in total. The molecule has 3 aromatic heterocycles. The Morgan fingerprint density at radius 3 is 2.29 bits per heavy atom. The van der Waals surface area contributed by atoms with Gasteiger partial charge in [-0.2, -0.15) is 5.10 Å². The van der Waals surface area contributed by atoms with Gasteiger partial charge in [-0.05, 0) is 140 Å². The number of hydrogen-bond donors (Lipinski definition) is 8. The molecule has 7 aliphatic rings. The van der Waals surface area contributed by atoms with Crippen molar-refractivity contribution >= 4 is 91.5 Å². The Morgan fingerprint density at radius 2 is 1.58 bits per heavy atom. The molecule has 4 aliphatic carbocycles. The summed E-state index contributed by atoms with van der Waals surface area (Å²) in [6, 6.07) is 20.6. The Bertz CT molecular complexity index is 4490. The number of aromatic carboxylic acids is 1. The van der Waals surface area contributed by atoms with Gasteiger partial charge in [-0.15, -0.1) is 0 Å². The van der Waals surface area contributed by atoms with Gasteiger partial charge < -0.3 is 60.2 Å². The molecule has 106 heavy (non-hydrogen) atoms. The third kappa shape index (κ3) is 16.6. The molecule has 3 aliphatic heterocycles. The maximum absolute atomic E-state index is 13.9. The van der Waals surface area contributed by atoms with Crippen LogP contribution in [-0.2, 0) is 69.1 Å². The highest BCUT2D eigenvalue weighted by Crippen LogP contribution is 2.72. The van der Waals surface area contributed by atoms with Crippen molar-refractivity contribution in [2.45, 2.75) is 180 Å². The number of carbonyl (C=O) groups is 9. The molecule has 6 amide bonds. The van der Waals surface area contributed by atoms with Crippen LogP contribution in [0.5, 0.6) is 0 Å². The predicted molar refractivity (Wildman–Crippen MR) is 390 cm³/mol. The third-order valence-electron chi connectivity index (χ3n) is 21.5. The summed E-state index contributed by atoms with van der Waals surface area (Å²) in [5.74, 6) is -0.393. The van der Waals surface area contributed by atoms with Gasteiger partial charge in [-0.25, -0.2) is 24.4 Å². The minimum atomic E-state index is -1.97. The lowest BCUT2D eigenvalue weighted by atomic mass is 9.39. The van der Waals surface area contributed by atoms with Gasteiger partial charge in [0.05, 0.1) is 34.7 Å². The summed E-state index contributed by atoms with van der Waals surface area (Å²) in [5.41, 5.74) is 4.73. The molecule has 1 saturated heterocycles. The number of unbranched alkanes of at least 4 members (excludes halogenated alkanes) is 2. The number of amides is 6. The van der Waals surface area contributed by atoms with E-state index in [9.17, 15) is 68.7 Å². The van der Waals surface area contributed by atoms with Crippen LogP contribution >= 0.6 is 11.3 Å². The molecule has 28 heteroatoms. The molecule has 9 atom stereocenters. The predicted octanol–water partition coefficient (Wildman–Crippen LogP) is 8.23. The number of aliphatic hydroxyl groups is 3. The van der Waals surface area contributed by atoms with Gasteiger partial charge in [0.25, 0.3) is 17.7 Å². The number of carbonyl (C=O) groups excluding carboxylic acids is 7. The number of carboxylic acid groups (broad SMARTS) is 2. The van der Waals surface area contributed by atoms with Gasteiger partial charge in [0.15, 0.2) is 22.7 Å². The van der Waals surface area contributed by atoms with Crippen molar-refractivity contribution in [3.05, 3.63) is 130 Å². The topological polar surface area (TPSA) is 372 Å². The summed E-state index contributed by atoms with van der Waals surface area (Å²) in [6.45, 7) is 13.4. The SMILES string of the molecule is Cc1c(-c2ccc(N3CCc4cccc(C(=O)Nc5nc6ccccc6s5)c4C3)nc2C(=O)O)cnn1CC12CC3(C)CC(C)(C1)CC(OCCN(C)C(=O)OCc1ccc(NC(=O)[C@H](C)CC(=O)[C@@H](NC(=O)CCCCCN4C(=O)C=CC4=O)C(C)C)cc1C#C[C@@H]1O[C@H](C(=O)O)[C@@H](O)[C@H](O)[C@H]1O)(C3)C2. The number of fused-ring (bicyclic) bond motifs is 2. The van der Waals surface area contributed by atoms with E-state index in [1.807, 2.05) is 59.0 Å². The van der Waals surface area contributed by atoms with E-state index in [0.29, 0.717) is 78.5 Å². The smallest absolute Gasteiger partial charge is 0.409 e. The molecule has 560 valence electrons. The molecule has 0 radical (unpaired) electrons. The number of aliphatic carboxylic acids is 1. The molecule has 6 aromatic rings. The second-order valence-corrected chi connectivity index (χ2v) is 31.7. The summed E-state index contributed by atoms with van der Waals surface area (Å²) >= 11 is 1.40. The second-order valence-electron chi connectivity index (χ2n) is 30.7. The molecule has 4 saturated carbocycles. The van der Waals surface area contributed by atoms with E-state index < -0.39 is 72.0 Å². The fourth-order valence-corrected chi connectivity index (χ4v) is 18.3. The summed E-state index contributed by atoms with van der Waals surface area (Å²) in [5, 5.41) is 66.3. The number of pyridine rings is 1. The highest BCUT2D eigenvalue weighted by atomic mass is 32.1. The molecule has 27 nitrogen and oxygen atoms in total. The number of rotatable bonds is 27. The molecule has 2 unspecified atom stereocenters. The third-order valence-corrected chi connectivity index (χ3v) is 22.5. The quantitative estimate of drug-likeness (QED) is 0.0137. The number of carboxylic acids is 2. The Kier molecular flexibility index (Phi) is 22.2. The number of aliphatic hydroxyl groups excluding tert-OH is 3. The Balaban J connectivity index is 0.674. The number of imide groups is 1. The maximum Gasteiger partial charge on any atom is 0.409 e. The van der Waals surface area contributed by atoms with Crippen LogP contribution in [0.3, 0.4) is 0 Å². The summed E-state index contributed by atoms with van der Waals surface area (Å²) < 4.78 is 21.2. The van der Waals surface area contributed by atoms with Crippen LogP contribution in [0.4, 0.5) is 21.4 Å². The fraction of sp³-hybridized carbons (Fsp3) is 0.487. The number of anilines is 3. The van der Waals surface area contributed by atoms with Crippen molar-refractivity contribution in [3.8, 4) is 23.0 Å². The number of nitrogens with zero attached hydrogens (tertiary/aromatic N) is 7. The average Bonchev–Trinajstić information content (AvgIpc) is 0.697. The number of para-hydroxylation sites is 1. The number of Topliss-reactive ketones (excluding diaryl/α,β-unsaturated/α-hetero) is 1. The number of aromatic nitrogens is 4. The van der Waals surface area contributed by atoms with Crippen LogP contribution in [0, 0.1) is 46.8 Å². The van der Waals surface area contributed by atoms with Crippen molar-refractivity contribution < 1.29 is 82.9 Å². The second kappa shape index (κ2) is 31.0. The van der Waals surface area contributed by atoms with Gasteiger partial charge in [-0.1, -0.05) is 94.5 Å². The molecule has 0 spiro atoms. The van der Waals surface area contributed by atoms with Crippen molar-refractivity contribution in [2.24, 2.45) is 28.1 Å². The summed E-state index contributed by atoms with van der Waals surface area (Å²) in [7, 11) is 1.58. The first-order valence-corrected chi connectivity index (χ1v) is 36.8. The van der Waals surface area contributed by atoms with Crippen LogP contribution in [0.15, 0.2) is 91.1 Å². The summed E-state index contributed by atoms with van der Waals surface area (Å²) in [4.78, 5) is 131. The summed E-state index contributed by atoms with van der Waals surface area (Å²) in [6.07, 6.45) is 1.45. The number of nitrogens with one attached hydrogen (secondary N) is 3. The van der Waals surface area contributed by atoms with Crippen molar-refractivity contribution in [3.63, 3.8) is 0 Å². The molecule has 5 fully saturated rings. The highest BCUT2D eigenvalue weighted by molar-refractivity contribution is 7.22. The van der Waals surface area contributed by atoms with Gasteiger partial charge in [0, 0.05) is 110 Å². The number of likely N-dealkylation sites (N-methyl/N-ethyl adjacent to an activating group) is 1. The number of ether oxygens (including phenoxy) is 3. The average molecular weight is 1470 g/mol. The maximum atomic E-state index is 13.9. The van der Waals surface area contributed by atoms with E-state index >= 15 is 0 Å². The van der Waals surface area contributed by atoms with Crippen molar-refractivity contribution in [1.29, 1.82) is 0 Å². The number of thiazole rings is 1. The molecular formula is C78H90N10O17S. The monoisotopic (exact) mass is 1470 g/mol. The van der Waals surface area contributed by atoms with Gasteiger partial charge in [0.1, 0.15) is 36.8 Å². The van der Waals surface area contributed by atoms with Crippen LogP contribution in [0.2, 0.25) is 0 Å². The van der Waals surface area contributed by atoms with Crippen LogP contribution < -0.4 is 20.9 Å². The Morgan fingerprint density at radius 1 is 0.830 bits per heavy atom. The number of benzene rings is 3. The van der Waals surface area contributed by atoms with E-state index in [-0.39, 0.29) is 108 Å². The zero-order valence-electron chi connectivity index (χ0n) is 60.4. The highest BCUT2D eigenvalue weighted by Gasteiger charge is 2.66.